The molecule has 1 aliphatic carbocycles. The highest BCUT2D eigenvalue weighted by Crippen LogP contribution is 2.44. The van der Waals surface area contributed by atoms with E-state index in [1.54, 1.807) is 12.1 Å². The molecule has 1 aromatic carbocycles. The molecule has 23 heavy (non-hydrogen) atoms. The van der Waals surface area contributed by atoms with Crippen LogP contribution in [0.1, 0.15) is 68.6 Å². The summed E-state index contributed by atoms with van der Waals surface area (Å²) in [5.41, 5.74) is 1.94. The third-order valence-electron chi connectivity index (χ3n) is 3.98. The van der Waals surface area contributed by atoms with Crippen LogP contribution >= 0.6 is 0 Å². The van der Waals surface area contributed by atoms with Gasteiger partial charge in [-0.3, -0.25) is 0 Å². The highest BCUT2D eigenvalue weighted by Gasteiger charge is 2.38. The number of hydrogen-bond donors (Lipinski definition) is 1. The Morgan fingerprint density at radius 2 is 1.91 bits per heavy atom. The molecule has 1 aliphatic rings. The maximum atomic E-state index is 12.1. The molecule has 1 aromatic rings. The van der Waals surface area contributed by atoms with E-state index in [4.69, 9.17) is 9.47 Å². The zero-order valence-corrected chi connectivity index (χ0v) is 14.6. The number of methoxy groups -OCH3 is 1. The second-order valence-corrected chi connectivity index (χ2v) is 7.58. The highest BCUT2D eigenvalue weighted by molar-refractivity contribution is 5.89. The van der Waals surface area contributed by atoms with Crippen molar-refractivity contribution in [2.24, 2.45) is 0 Å². The van der Waals surface area contributed by atoms with Gasteiger partial charge >= 0.3 is 12.1 Å². The summed E-state index contributed by atoms with van der Waals surface area (Å²) in [7, 11) is 1.36. The molecule has 0 unspecified atom stereocenters. The van der Waals surface area contributed by atoms with E-state index < -0.39 is 11.7 Å². The van der Waals surface area contributed by atoms with E-state index in [9.17, 15) is 9.59 Å². The summed E-state index contributed by atoms with van der Waals surface area (Å²) < 4.78 is 10.1. The van der Waals surface area contributed by atoms with Crippen LogP contribution < -0.4 is 5.32 Å². The predicted octanol–water partition coefficient (Wildman–Crippen LogP) is 3.72. The largest absolute Gasteiger partial charge is 0.465 e. The molecule has 0 aromatic heterocycles. The lowest BCUT2D eigenvalue weighted by molar-refractivity contribution is 0.0500. The predicted molar refractivity (Wildman–Crippen MR) is 87.5 cm³/mol. The molecule has 5 nitrogen and oxygen atoms in total. The molecule has 1 amide bonds. The Labute approximate surface area is 137 Å². The molecule has 1 N–H and O–H groups in total. The van der Waals surface area contributed by atoms with Gasteiger partial charge in [0.25, 0.3) is 0 Å². The molecular formula is C18H25NO4. The molecule has 0 bridgehead atoms. The van der Waals surface area contributed by atoms with Gasteiger partial charge in [0.05, 0.1) is 18.7 Å². The number of benzene rings is 1. The van der Waals surface area contributed by atoms with Gasteiger partial charge in [-0.25, -0.2) is 9.59 Å². The van der Waals surface area contributed by atoms with Crippen molar-refractivity contribution in [3.8, 4) is 0 Å². The van der Waals surface area contributed by atoms with Gasteiger partial charge in [0.15, 0.2) is 0 Å². The first-order valence-corrected chi connectivity index (χ1v) is 7.76. The Kier molecular flexibility index (Phi) is 4.42. The number of esters is 1. The lowest BCUT2D eigenvalue weighted by Gasteiger charge is -2.23. The Balaban J connectivity index is 2.28. The zero-order chi connectivity index (χ0) is 17.4. The average Bonchev–Trinajstić information content (AvgIpc) is 2.66. The third-order valence-corrected chi connectivity index (χ3v) is 3.98. The van der Waals surface area contributed by atoms with E-state index in [0.717, 1.165) is 17.5 Å². The quantitative estimate of drug-likeness (QED) is 0.844. The monoisotopic (exact) mass is 319 g/mol. The van der Waals surface area contributed by atoms with Crippen molar-refractivity contribution in [2.75, 3.05) is 7.11 Å². The van der Waals surface area contributed by atoms with Crippen LogP contribution in [0.4, 0.5) is 4.79 Å². The summed E-state index contributed by atoms with van der Waals surface area (Å²) in [5, 5.41) is 2.92. The minimum absolute atomic E-state index is 0.0797. The Bertz CT molecular complexity index is 628. The molecule has 126 valence electrons. The van der Waals surface area contributed by atoms with E-state index in [1.807, 2.05) is 26.8 Å². The van der Waals surface area contributed by atoms with Gasteiger partial charge in [-0.2, -0.15) is 0 Å². The van der Waals surface area contributed by atoms with Gasteiger partial charge in [-0.15, -0.1) is 0 Å². The fraction of sp³-hybridized carbons (Fsp3) is 0.556. The van der Waals surface area contributed by atoms with Gasteiger partial charge in [0, 0.05) is 0 Å². The molecule has 0 aliphatic heterocycles. The van der Waals surface area contributed by atoms with E-state index >= 15 is 0 Å². The number of amides is 1. The Morgan fingerprint density at radius 3 is 2.48 bits per heavy atom. The molecule has 0 radical (unpaired) electrons. The molecule has 0 spiro atoms. The van der Waals surface area contributed by atoms with Crippen LogP contribution in [-0.4, -0.2) is 24.8 Å². The lowest BCUT2D eigenvalue weighted by Crippen LogP contribution is -2.34. The molecule has 0 saturated carbocycles. The summed E-state index contributed by atoms with van der Waals surface area (Å²) >= 11 is 0. The normalized spacial score (nSPS) is 19.0. The van der Waals surface area contributed by atoms with Crippen molar-refractivity contribution in [2.45, 2.75) is 58.1 Å². The number of carbonyl (C=O) groups is 2. The number of alkyl carbamates (subject to hydrolysis) is 1. The molecule has 5 heteroatoms. The van der Waals surface area contributed by atoms with Crippen molar-refractivity contribution in [1.82, 2.24) is 5.32 Å². The van der Waals surface area contributed by atoms with Gasteiger partial charge in [0.2, 0.25) is 0 Å². The van der Waals surface area contributed by atoms with Crippen LogP contribution in [0, 0.1) is 0 Å². The molecular weight excluding hydrogens is 294 g/mol. The van der Waals surface area contributed by atoms with E-state index in [1.165, 1.54) is 7.11 Å². The van der Waals surface area contributed by atoms with Crippen molar-refractivity contribution in [3.05, 3.63) is 34.9 Å². The maximum absolute atomic E-state index is 12.1. The number of rotatable bonds is 2. The van der Waals surface area contributed by atoms with Gasteiger partial charge in [-0.1, -0.05) is 19.9 Å². The Morgan fingerprint density at radius 1 is 1.26 bits per heavy atom. The van der Waals surface area contributed by atoms with E-state index in [2.05, 4.69) is 19.2 Å². The number of hydrogen-bond acceptors (Lipinski definition) is 4. The first-order valence-electron chi connectivity index (χ1n) is 7.76. The minimum Gasteiger partial charge on any atom is -0.465 e. The first-order chi connectivity index (χ1) is 10.5. The number of fused-ring (bicyclic) bond motifs is 1. The van der Waals surface area contributed by atoms with Crippen LogP contribution in [0.3, 0.4) is 0 Å². The van der Waals surface area contributed by atoms with Crippen molar-refractivity contribution in [3.63, 3.8) is 0 Å². The summed E-state index contributed by atoms with van der Waals surface area (Å²) in [6.45, 7) is 9.73. The number of nitrogens with one attached hydrogen (secondary N) is 1. The maximum Gasteiger partial charge on any atom is 0.408 e. The Hall–Kier alpha value is -2.04. The number of carbonyl (C=O) groups excluding carboxylic acids is 2. The summed E-state index contributed by atoms with van der Waals surface area (Å²) in [6, 6.07) is 5.33. The SMILES string of the molecule is COC(=O)c1ccc2c(c1)[C@@H](NC(=O)OC(C)(C)C)CC2(C)C. The fourth-order valence-corrected chi connectivity index (χ4v) is 3.02. The van der Waals surface area contributed by atoms with Crippen LogP contribution in [-0.2, 0) is 14.9 Å². The van der Waals surface area contributed by atoms with Crippen LogP contribution in [0.25, 0.3) is 0 Å². The van der Waals surface area contributed by atoms with E-state index in [-0.39, 0.29) is 17.4 Å². The minimum atomic E-state index is -0.547. The first kappa shape index (κ1) is 17.3. The van der Waals surface area contributed by atoms with Crippen molar-refractivity contribution < 1.29 is 19.1 Å². The molecule has 1 atom stereocenters. The molecule has 2 rings (SSSR count). The average molecular weight is 319 g/mol. The van der Waals surface area contributed by atoms with Crippen LogP contribution in [0.2, 0.25) is 0 Å². The van der Waals surface area contributed by atoms with Gasteiger partial charge in [0.1, 0.15) is 5.60 Å². The van der Waals surface area contributed by atoms with Gasteiger partial charge < -0.3 is 14.8 Å². The summed E-state index contributed by atoms with van der Waals surface area (Å²) in [4.78, 5) is 23.8. The van der Waals surface area contributed by atoms with Crippen molar-refractivity contribution >= 4 is 12.1 Å². The number of ether oxygens (including phenoxy) is 2. The standard InChI is InChI=1S/C18H25NO4/c1-17(2,3)23-16(21)19-14-10-18(4,5)13-8-7-11(9-12(13)14)15(20)22-6/h7-9,14H,10H2,1-6H3,(H,19,21)/t14-/m0/s1. The topological polar surface area (TPSA) is 64.6 Å². The van der Waals surface area contributed by atoms with E-state index in [0.29, 0.717) is 5.56 Å². The highest BCUT2D eigenvalue weighted by atomic mass is 16.6. The fourth-order valence-electron chi connectivity index (χ4n) is 3.02. The summed E-state index contributed by atoms with van der Waals surface area (Å²) in [5.74, 6) is -0.381. The van der Waals surface area contributed by atoms with Crippen LogP contribution in [0.15, 0.2) is 18.2 Å². The van der Waals surface area contributed by atoms with Crippen molar-refractivity contribution in [1.29, 1.82) is 0 Å². The molecule has 0 saturated heterocycles. The molecule has 0 heterocycles. The third kappa shape index (κ3) is 3.84. The second-order valence-electron chi connectivity index (χ2n) is 7.58. The molecule has 0 fully saturated rings. The van der Waals surface area contributed by atoms with Gasteiger partial charge in [-0.05, 0) is 55.9 Å². The van der Waals surface area contributed by atoms with Crippen LogP contribution in [0.5, 0.6) is 0 Å². The second kappa shape index (κ2) is 5.87. The lowest BCUT2D eigenvalue weighted by atomic mass is 9.86. The smallest absolute Gasteiger partial charge is 0.408 e. The zero-order valence-electron chi connectivity index (χ0n) is 14.6. The summed E-state index contributed by atoms with van der Waals surface area (Å²) in [6.07, 6.45) is 0.307.